The number of benzene rings is 1. The molecule has 4 rings (SSSR count). The van der Waals surface area contributed by atoms with Crippen molar-refractivity contribution in [2.24, 2.45) is 34.8 Å². The average Bonchev–Trinajstić information content (AvgIpc) is 2.89. The van der Waals surface area contributed by atoms with Gasteiger partial charge in [0.25, 0.3) is 0 Å². The molecule has 0 aromatic heterocycles. The molecular weight excluding hydrogens is 566 g/mol. The number of Topliss-reactive ketones (excluding diaryl/α,β-unsaturated/α-hetero) is 4. The summed E-state index contributed by atoms with van der Waals surface area (Å²) in [5, 5.41) is 25.1. The summed E-state index contributed by atoms with van der Waals surface area (Å²) in [6, 6.07) is 1.41. The maximum absolute atomic E-state index is 13.8. The Balaban J connectivity index is 1.61. The second kappa shape index (κ2) is 11.2. The Kier molecular flexibility index (Phi) is 8.24. The standard InChI is InChI=1S/C29H35N3O11/c1-28(2,3)27(40)43-11-42-17(34)10-31-15-6-7-16(33)19-13(15)8-12-9-14-21(32(4)5)23(36)20(26(30)39)25(38)29(14,41)24(37)18(12)22(19)35/h6-7,12,14,18,20-21,31,33,41H,8-11H2,1-5H3,(H2,30,39)/t12-,14-,18?,20?,21-,29-/m0/s1. The number of nitrogens with zero attached hydrogens (tertiary/aromatic N) is 1. The zero-order valence-electron chi connectivity index (χ0n) is 24.5. The lowest BCUT2D eigenvalue weighted by molar-refractivity contribution is -0.181. The molecule has 2 unspecified atom stereocenters. The van der Waals surface area contributed by atoms with E-state index in [0.717, 1.165) is 0 Å². The van der Waals surface area contributed by atoms with Gasteiger partial charge in [-0.1, -0.05) is 0 Å². The first-order chi connectivity index (χ1) is 19.9. The van der Waals surface area contributed by atoms with Crippen molar-refractivity contribution in [3.8, 4) is 5.75 Å². The molecule has 0 spiro atoms. The van der Waals surface area contributed by atoms with Gasteiger partial charge in [0.2, 0.25) is 12.7 Å². The normalized spacial score (nSPS) is 28.5. The van der Waals surface area contributed by atoms with Crippen LogP contribution in [0.3, 0.4) is 0 Å². The van der Waals surface area contributed by atoms with Crippen LogP contribution < -0.4 is 11.1 Å². The van der Waals surface area contributed by atoms with E-state index in [4.69, 9.17) is 15.2 Å². The molecule has 0 radical (unpaired) electrons. The van der Waals surface area contributed by atoms with Gasteiger partial charge in [-0.05, 0) is 71.3 Å². The van der Waals surface area contributed by atoms with Crippen molar-refractivity contribution in [1.29, 1.82) is 0 Å². The number of aliphatic hydroxyl groups is 1. The van der Waals surface area contributed by atoms with Crippen LogP contribution in [0.5, 0.6) is 5.75 Å². The third-order valence-electron chi connectivity index (χ3n) is 8.39. The number of primary amides is 1. The molecule has 0 heterocycles. The van der Waals surface area contributed by atoms with Crippen LogP contribution in [-0.4, -0.2) is 95.2 Å². The number of rotatable bonds is 7. The van der Waals surface area contributed by atoms with Crippen LogP contribution in [-0.2, 0) is 44.7 Å². The number of ether oxygens (including phenoxy) is 2. The predicted octanol–water partition coefficient (Wildman–Crippen LogP) is -0.631. The summed E-state index contributed by atoms with van der Waals surface area (Å²) in [5.74, 6) is -12.9. The SMILES string of the molecule is CN(C)[C@@H]1C(=O)C(C(N)=O)C(=O)[C@@]2(O)C(=O)C3C(=O)c4c(O)ccc(NCC(=O)OCOC(=O)C(C)(C)C)c4C[C@H]3C[C@@H]12. The summed E-state index contributed by atoms with van der Waals surface area (Å²) in [7, 11) is 3.00. The van der Waals surface area contributed by atoms with Gasteiger partial charge in [0.1, 0.15) is 12.3 Å². The Morgan fingerprint density at radius 3 is 2.33 bits per heavy atom. The van der Waals surface area contributed by atoms with E-state index in [1.165, 1.54) is 31.1 Å². The first-order valence-electron chi connectivity index (χ1n) is 13.7. The van der Waals surface area contributed by atoms with Crippen molar-refractivity contribution >= 4 is 46.7 Å². The van der Waals surface area contributed by atoms with Gasteiger partial charge in [-0.2, -0.15) is 0 Å². The molecule has 0 saturated heterocycles. The van der Waals surface area contributed by atoms with E-state index in [1.54, 1.807) is 20.8 Å². The molecule has 5 N–H and O–H groups in total. The Morgan fingerprint density at radius 2 is 1.74 bits per heavy atom. The van der Waals surface area contributed by atoms with Crippen molar-refractivity contribution in [1.82, 2.24) is 4.90 Å². The predicted molar refractivity (Wildman–Crippen MR) is 146 cm³/mol. The number of fused-ring (bicyclic) bond motifs is 3. The fourth-order valence-electron chi connectivity index (χ4n) is 6.35. The number of phenols is 1. The van der Waals surface area contributed by atoms with Crippen molar-refractivity contribution in [3.05, 3.63) is 23.3 Å². The molecule has 3 aliphatic carbocycles. The minimum absolute atomic E-state index is 0.0147. The third kappa shape index (κ3) is 5.29. The van der Waals surface area contributed by atoms with Crippen LogP contribution in [0.2, 0.25) is 0 Å². The van der Waals surface area contributed by atoms with Crippen LogP contribution in [0, 0.1) is 29.1 Å². The topological polar surface area (TPSA) is 220 Å². The summed E-state index contributed by atoms with van der Waals surface area (Å²) in [6.07, 6.45) is -0.0962. The van der Waals surface area contributed by atoms with E-state index in [9.17, 15) is 43.8 Å². The van der Waals surface area contributed by atoms with Gasteiger partial charge in [0, 0.05) is 11.6 Å². The molecule has 2 saturated carbocycles. The first-order valence-corrected chi connectivity index (χ1v) is 13.7. The molecule has 0 bridgehead atoms. The molecule has 232 valence electrons. The Labute approximate surface area is 246 Å². The minimum atomic E-state index is -2.82. The van der Waals surface area contributed by atoms with E-state index in [-0.39, 0.29) is 24.1 Å². The summed E-state index contributed by atoms with van der Waals surface area (Å²) in [6.45, 7) is 3.93. The maximum Gasteiger partial charge on any atom is 0.328 e. The lowest BCUT2D eigenvalue weighted by Gasteiger charge is -2.52. The number of ketones is 4. The number of anilines is 1. The molecule has 0 aliphatic heterocycles. The zero-order valence-corrected chi connectivity index (χ0v) is 24.5. The van der Waals surface area contributed by atoms with E-state index in [2.05, 4.69) is 5.32 Å². The highest BCUT2D eigenvalue weighted by Gasteiger charge is 2.69. The van der Waals surface area contributed by atoms with Gasteiger partial charge in [-0.3, -0.25) is 38.5 Å². The molecule has 1 aromatic carbocycles. The highest BCUT2D eigenvalue weighted by Crippen LogP contribution is 2.51. The third-order valence-corrected chi connectivity index (χ3v) is 8.39. The van der Waals surface area contributed by atoms with Gasteiger partial charge in [-0.25, -0.2) is 0 Å². The van der Waals surface area contributed by atoms with Gasteiger partial charge in [0.05, 0.1) is 22.9 Å². The smallest absolute Gasteiger partial charge is 0.328 e. The number of carbonyl (C=O) groups is 7. The molecular formula is C29H35N3O11. The van der Waals surface area contributed by atoms with Crippen LogP contribution in [0.15, 0.2) is 12.1 Å². The number of likely N-dealkylation sites (N-methyl/N-ethyl adjacent to an activating group) is 1. The van der Waals surface area contributed by atoms with Gasteiger partial charge in [0.15, 0.2) is 34.7 Å². The fourth-order valence-corrected chi connectivity index (χ4v) is 6.35. The number of hydrogen-bond acceptors (Lipinski definition) is 13. The molecule has 1 amide bonds. The highest BCUT2D eigenvalue weighted by molar-refractivity contribution is 6.32. The van der Waals surface area contributed by atoms with E-state index in [1.807, 2.05) is 0 Å². The molecule has 2 fully saturated rings. The van der Waals surface area contributed by atoms with Crippen LogP contribution >= 0.6 is 0 Å². The van der Waals surface area contributed by atoms with Gasteiger partial charge < -0.3 is 30.7 Å². The second-order valence-electron chi connectivity index (χ2n) is 12.4. The van der Waals surface area contributed by atoms with Crippen molar-refractivity contribution in [3.63, 3.8) is 0 Å². The van der Waals surface area contributed by atoms with Crippen molar-refractivity contribution in [2.75, 3.05) is 32.7 Å². The van der Waals surface area contributed by atoms with E-state index >= 15 is 0 Å². The lowest BCUT2D eigenvalue weighted by atomic mass is 9.52. The highest BCUT2D eigenvalue weighted by atomic mass is 16.7. The largest absolute Gasteiger partial charge is 0.507 e. The molecule has 43 heavy (non-hydrogen) atoms. The summed E-state index contributed by atoms with van der Waals surface area (Å²) >= 11 is 0. The number of nitrogens with one attached hydrogen (secondary N) is 1. The average molecular weight is 602 g/mol. The monoisotopic (exact) mass is 601 g/mol. The van der Waals surface area contributed by atoms with E-state index in [0.29, 0.717) is 5.56 Å². The molecule has 1 aromatic rings. The Morgan fingerprint density at radius 1 is 1.09 bits per heavy atom. The molecule has 6 atom stereocenters. The Hall–Kier alpha value is -4.17. The van der Waals surface area contributed by atoms with Crippen molar-refractivity contribution in [2.45, 2.75) is 45.3 Å². The molecule has 14 heteroatoms. The number of hydrogen-bond donors (Lipinski definition) is 4. The number of esters is 2. The summed E-state index contributed by atoms with van der Waals surface area (Å²) < 4.78 is 9.85. The minimum Gasteiger partial charge on any atom is -0.507 e. The number of nitrogens with two attached hydrogens (primary N) is 1. The number of aromatic hydroxyl groups is 1. The van der Waals surface area contributed by atoms with E-state index < -0.39 is 101 Å². The lowest BCUT2D eigenvalue weighted by Crippen LogP contribution is -2.74. The molecule has 3 aliphatic rings. The van der Waals surface area contributed by atoms with Crippen molar-refractivity contribution < 1.29 is 53.2 Å². The van der Waals surface area contributed by atoms with Crippen LogP contribution in [0.1, 0.15) is 43.1 Å². The number of phenolic OH excluding ortho intramolecular Hbond substituents is 1. The zero-order chi connectivity index (χ0) is 32.2. The van der Waals surface area contributed by atoms with Crippen LogP contribution in [0.4, 0.5) is 5.69 Å². The number of carbonyl (C=O) groups excluding carboxylic acids is 7. The summed E-state index contributed by atoms with van der Waals surface area (Å²) in [5.41, 5.74) is 2.07. The Bertz CT molecular complexity index is 1430. The number of amides is 1. The van der Waals surface area contributed by atoms with Gasteiger partial charge in [-0.15, -0.1) is 0 Å². The van der Waals surface area contributed by atoms with Crippen LogP contribution in [0.25, 0.3) is 0 Å². The maximum atomic E-state index is 13.8. The first kappa shape index (κ1) is 31.8. The quantitative estimate of drug-likeness (QED) is 0.133. The molecule has 14 nitrogen and oxygen atoms in total. The fraction of sp³-hybridized carbons (Fsp3) is 0.552. The summed E-state index contributed by atoms with van der Waals surface area (Å²) in [4.78, 5) is 91.7. The van der Waals surface area contributed by atoms with Gasteiger partial charge >= 0.3 is 11.9 Å². The second-order valence-corrected chi connectivity index (χ2v) is 12.4.